The predicted octanol–water partition coefficient (Wildman–Crippen LogP) is 3.44. The molecular weight excluding hydrogens is 1660 g/mol. The number of hydrogen-bond acceptors (Lipinski definition) is 20. The molecule has 0 unspecified atom stereocenters. The number of hydrogen-bond donors (Lipinski definition) is 0. The van der Waals surface area contributed by atoms with Gasteiger partial charge in [-0.15, -0.1) is 0 Å². The predicted molar refractivity (Wildman–Crippen MR) is 370 cm³/mol. The van der Waals surface area contributed by atoms with E-state index in [1.165, 1.54) is 72.8 Å². The average Bonchev–Trinajstić information content (AvgIpc) is 0.784. The first-order valence-electron chi connectivity index (χ1n) is 29.0. The third kappa shape index (κ3) is 30.2. The van der Waals surface area contributed by atoms with E-state index in [0.717, 1.165) is 35.8 Å². The van der Waals surface area contributed by atoms with E-state index in [9.17, 15) is 97.8 Å². The van der Waals surface area contributed by atoms with Gasteiger partial charge in [0.25, 0.3) is 5.24 Å². The Morgan fingerprint density at radius 3 is 0.752 bits per heavy atom. The summed E-state index contributed by atoms with van der Waals surface area (Å²) in [6.07, 6.45) is 0. The van der Waals surface area contributed by atoms with Crippen molar-refractivity contribution in [3.8, 4) is 34.5 Å². The molecular formula is C71H42AlCl4F5Na4O20S4. The first-order valence-corrected chi connectivity index (χ1v) is 40.2. The second-order valence-corrected chi connectivity index (χ2v) is 32.9. The Kier molecular flexibility index (Phi) is 39.8. The van der Waals surface area contributed by atoms with Crippen LogP contribution in [0.4, 0.5) is 22.0 Å². The molecule has 0 saturated carbocycles. The fourth-order valence-corrected chi connectivity index (χ4v) is 11.2. The summed E-state index contributed by atoms with van der Waals surface area (Å²) in [6.45, 7) is 0. The summed E-state index contributed by atoms with van der Waals surface area (Å²) in [7, 11) is -7.09. The number of halogens is 9. The van der Waals surface area contributed by atoms with Crippen LogP contribution in [0, 0.1) is 29.1 Å². The maximum absolute atomic E-state index is 13.8. The Balaban J connectivity index is 0.000000421. The second kappa shape index (κ2) is 44.6. The average molecular weight is 1700 g/mol. The molecule has 0 bridgehead atoms. The zero-order chi connectivity index (χ0) is 77.1. The van der Waals surface area contributed by atoms with Gasteiger partial charge in [0.05, 0.1) is 19.6 Å². The number of ketones is 4. The van der Waals surface area contributed by atoms with Crippen molar-refractivity contribution in [3.05, 3.63) is 334 Å². The van der Waals surface area contributed by atoms with Gasteiger partial charge in [-0.3, -0.25) is 24.0 Å². The molecule has 0 amide bonds. The normalized spacial score (nSPS) is 10.6. The minimum absolute atomic E-state index is 0. The standard InChI is InChI=1S/C26H16F2O15S4.C26H16F2O3.C12H10O.C7H4ClFO.Al.3ClH.4Na/c27-17-5-1-13(9-21(17)44(31,32)33)25(29)15-3-7-19(23(11-15)46(37,38)39)43-20-8-4-16(12-24(20)47(40,41)42)26(30)14-2-6-18(28)22(10-14)45(34,35)36;27-21-9-1-17(2-10-21)25(29)19-5-13-23(14-6-19)31-24-15-7-20(8-16-24)26(30)18-3-11-22(28)12-4-18;1-3-7-11(8-4-1)13-12-9-5-2-6-10-12;8-7(10)5-1-3-6(9)4-2-5;;;;;;;;/h1-12H,(H,31,32,33)(H,34,35,36)(H,37,38,39)(H,40,41,42);1-16H;1-10H;1-4H;;3*1H;;;;/q;;;;+3;;;;4*+1/p-7. The molecule has 20 nitrogen and oxygen atoms in total. The summed E-state index contributed by atoms with van der Waals surface area (Å²) in [5.74, 6) is -6.10. The molecule has 0 radical (unpaired) electrons. The molecule has 0 saturated heterocycles. The molecule has 0 N–H and O–H groups in total. The third-order valence-electron chi connectivity index (χ3n) is 13.6. The summed E-state index contributed by atoms with van der Waals surface area (Å²) < 4.78 is 222. The van der Waals surface area contributed by atoms with E-state index in [-0.39, 0.29) is 136 Å². The zero-order valence-corrected chi connectivity index (χ0v) is 72.0. The van der Waals surface area contributed by atoms with Gasteiger partial charge in [0.2, 0.25) is 0 Å². The Morgan fingerprint density at radius 1 is 0.284 bits per heavy atom. The summed E-state index contributed by atoms with van der Waals surface area (Å²) in [6, 6.07) is 55.5. The Hall–Kier alpha value is -5.85. The molecule has 11 aromatic carbocycles. The van der Waals surface area contributed by atoms with Crippen LogP contribution in [0.2, 0.25) is 0 Å². The van der Waals surface area contributed by atoms with Gasteiger partial charge in [0.1, 0.15) is 104 Å². The van der Waals surface area contributed by atoms with E-state index < -0.39 is 145 Å². The molecule has 11 aromatic rings. The van der Waals surface area contributed by atoms with Gasteiger partial charge in [-0.1, -0.05) is 36.4 Å². The second-order valence-electron chi connectivity index (χ2n) is 20.8. The van der Waals surface area contributed by atoms with Gasteiger partial charge in [-0.05, 0) is 230 Å². The van der Waals surface area contributed by atoms with Crippen LogP contribution in [0.15, 0.2) is 274 Å². The van der Waals surface area contributed by atoms with Crippen molar-refractivity contribution in [2.75, 3.05) is 0 Å². The van der Waals surface area contributed by atoms with Crippen molar-refractivity contribution in [2.45, 2.75) is 19.6 Å². The van der Waals surface area contributed by atoms with Crippen LogP contribution in [0.1, 0.15) is 74.0 Å². The largest absolute Gasteiger partial charge is 1.00 e. The number of ether oxygens (including phenoxy) is 3. The van der Waals surface area contributed by atoms with Crippen LogP contribution in [0.3, 0.4) is 0 Å². The SMILES string of the molecule is O=C(Cl)c1ccc(F)cc1.O=C(c1ccc(F)c(S(=O)(=O)[O-])c1)c1ccc(Oc2ccc(C(=O)c3ccc(F)c(S(=O)(=O)[O-])c3)cc2S(=O)(=O)[O-])c(S(=O)(=O)[O-])c1.O=C(c1ccc(F)cc1)c1ccc(Oc2ccc(C(=O)c3ccc(F)cc3)cc2)cc1.[Cl][Al]([Cl])[Cl].[Na+].[Na+].[Na+].[Na+].c1ccc(Oc2ccccc2)cc1. The molecule has 0 heterocycles. The van der Waals surface area contributed by atoms with Crippen LogP contribution in [0.25, 0.3) is 0 Å². The number of carbonyl (C=O) groups excluding carboxylic acids is 5. The van der Waals surface area contributed by atoms with Gasteiger partial charge in [-0.25, -0.2) is 85.8 Å². The summed E-state index contributed by atoms with van der Waals surface area (Å²) in [5.41, 5.74) is -0.489. The molecule has 0 aliphatic carbocycles. The molecule has 540 valence electrons. The van der Waals surface area contributed by atoms with Crippen LogP contribution in [0.5, 0.6) is 34.5 Å². The summed E-state index contributed by atoms with van der Waals surface area (Å²) in [5, 5.41) is -0.569. The van der Waals surface area contributed by atoms with Crippen molar-refractivity contribution in [1.29, 1.82) is 0 Å². The first-order chi connectivity index (χ1) is 49.4. The monoisotopic (exact) mass is 1700 g/mol. The molecule has 11 rings (SSSR count). The van der Waals surface area contributed by atoms with Crippen LogP contribution in [-0.2, 0) is 40.5 Å². The molecule has 0 aromatic heterocycles. The molecule has 0 aliphatic heterocycles. The maximum Gasteiger partial charge on any atom is 1.00 e. The van der Waals surface area contributed by atoms with Gasteiger partial charge >= 0.3 is 130 Å². The molecule has 0 fully saturated rings. The van der Waals surface area contributed by atoms with E-state index in [0.29, 0.717) is 87.8 Å². The summed E-state index contributed by atoms with van der Waals surface area (Å²) >= 11 is 3.37. The third-order valence-corrected chi connectivity index (χ3v) is 17.2. The van der Waals surface area contributed by atoms with E-state index in [2.05, 4.69) is 0 Å². The fourth-order valence-electron chi connectivity index (χ4n) is 8.70. The first kappa shape index (κ1) is 97.4. The quantitative estimate of drug-likeness (QED) is 0.0368. The minimum atomic E-state index is -5.58. The zero-order valence-electron chi connectivity index (χ0n) is 56.5. The Bertz CT molecular complexity index is 5190. The number of carbonyl (C=O) groups is 5. The summed E-state index contributed by atoms with van der Waals surface area (Å²) in [4.78, 5) is 55.7. The van der Waals surface area contributed by atoms with Crippen molar-refractivity contribution < 1.29 is 230 Å². The van der Waals surface area contributed by atoms with Gasteiger partial charge in [0, 0.05) is 50.1 Å². The van der Waals surface area contributed by atoms with Gasteiger partial charge in [-0.2, -0.15) is 0 Å². The molecule has 109 heavy (non-hydrogen) atoms. The Labute approximate surface area is 731 Å². The van der Waals surface area contributed by atoms with Crippen molar-refractivity contribution in [3.63, 3.8) is 0 Å². The van der Waals surface area contributed by atoms with Crippen molar-refractivity contribution >= 4 is 122 Å². The van der Waals surface area contributed by atoms with Crippen LogP contribution < -0.4 is 132 Å². The number of para-hydroxylation sites is 2. The van der Waals surface area contributed by atoms with Crippen molar-refractivity contribution in [2.24, 2.45) is 0 Å². The van der Waals surface area contributed by atoms with E-state index >= 15 is 0 Å². The maximum atomic E-state index is 13.8. The van der Waals surface area contributed by atoms with Crippen LogP contribution >= 0.6 is 41.7 Å². The van der Waals surface area contributed by atoms with E-state index in [1.807, 2.05) is 60.7 Å². The molecule has 0 atom stereocenters. The smallest absolute Gasteiger partial charge is 0.744 e. The van der Waals surface area contributed by atoms with Gasteiger partial charge < -0.3 is 32.4 Å². The Morgan fingerprint density at radius 2 is 0.495 bits per heavy atom. The molecule has 0 spiro atoms. The topological polar surface area (TPSA) is 342 Å². The molecule has 0 aliphatic rings. The van der Waals surface area contributed by atoms with Crippen molar-refractivity contribution in [1.82, 2.24) is 0 Å². The van der Waals surface area contributed by atoms with Crippen LogP contribution in [-0.4, -0.2) is 91.6 Å². The van der Waals surface area contributed by atoms with Gasteiger partial charge in [0.15, 0.2) is 23.1 Å². The minimum Gasteiger partial charge on any atom is -0.744 e. The number of benzene rings is 11. The fraction of sp³-hybridized carbons (Fsp3) is 0. The molecule has 38 heteroatoms. The van der Waals surface area contributed by atoms with E-state index in [1.54, 1.807) is 48.5 Å². The van der Waals surface area contributed by atoms with E-state index in [4.69, 9.17) is 56.0 Å². The number of rotatable bonds is 19.